The Hall–Kier alpha value is -1.75. The van der Waals surface area contributed by atoms with Gasteiger partial charge >= 0.3 is 0 Å². The number of carbonyl (C=O) groups excluding carboxylic acids is 1. The first-order chi connectivity index (χ1) is 15.3. The van der Waals surface area contributed by atoms with Crippen LogP contribution in [0.1, 0.15) is 53.4 Å². The molecule has 8 nitrogen and oxygen atoms in total. The number of hydrogen-bond acceptors (Lipinski definition) is 5. The number of likely N-dealkylation sites (tertiary alicyclic amines) is 1. The van der Waals surface area contributed by atoms with Crippen molar-refractivity contribution >= 4 is 41.5 Å². The van der Waals surface area contributed by atoms with Crippen LogP contribution in [0.15, 0.2) is 23.2 Å². The molecule has 0 aliphatic carbocycles. The molecule has 3 rings (SSSR count). The lowest BCUT2D eigenvalue weighted by Crippen LogP contribution is -2.44. The molecule has 33 heavy (non-hydrogen) atoms. The standard InChI is InChI=1S/C24H39N5O3.HI/c1-18-8-5-6-12-29(18)13-11-25-23(26-17-22(30)28-24(2,3)4)27-19-9-10-20-21(16-19)32-15-7-14-31-20;/h9-10,16,18H,5-8,11-15,17H2,1-4H3,(H,28,30)(H2,25,26,27);1H. The molecule has 0 bridgehead atoms. The van der Waals surface area contributed by atoms with Crippen molar-refractivity contribution in [2.45, 2.75) is 65.0 Å². The lowest BCUT2D eigenvalue weighted by molar-refractivity contribution is -0.121. The van der Waals surface area contributed by atoms with Crippen LogP contribution in [0.25, 0.3) is 0 Å². The van der Waals surface area contributed by atoms with Gasteiger partial charge in [0.1, 0.15) is 6.54 Å². The smallest absolute Gasteiger partial charge is 0.242 e. The first kappa shape index (κ1) is 27.5. The van der Waals surface area contributed by atoms with Crippen molar-refractivity contribution in [3.63, 3.8) is 0 Å². The second kappa shape index (κ2) is 13.2. The minimum Gasteiger partial charge on any atom is -0.490 e. The molecular weight excluding hydrogens is 533 g/mol. The van der Waals surface area contributed by atoms with Crippen molar-refractivity contribution in [3.8, 4) is 11.5 Å². The first-order valence-electron chi connectivity index (χ1n) is 11.8. The van der Waals surface area contributed by atoms with Gasteiger partial charge in [0, 0.05) is 42.8 Å². The van der Waals surface area contributed by atoms with Crippen LogP contribution in [-0.4, -0.2) is 67.7 Å². The SMILES string of the molecule is CC1CCCCN1CCNC(=NCC(=O)NC(C)(C)C)Nc1ccc2c(c1)OCCCO2.I. The summed E-state index contributed by atoms with van der Waals surface area (Å²) in [4.78, 5) is 19.3. The lowest BCUT2D eigenvalue weighted by Gasteiger charge is -2.33. The Balaban J connectivity index is 0.00000385. The quantitative estimate of drug-likeness (QED) is 0.274. The Kier molecular flexibility index (Phi) is 11.0. The molecule has 0 spiro atoms. The molecule has 2 heterocycles. The van der Waals surface area contributed by atoms with Gasteiger partial charge in [0.25, 0.3) is 0 Å². The van der Waals surface area contributed by atoms with Crippen LogP contribution in [0.2, 0.25) is 0 Å². The summed E-state index contributed by atoms with van der Waals surface area (Å²) in [6.07, 6.45) is 4.69. The molecule has 9 heteroatoms. The van der Waals surface area contributed by atoms with Crippen molar-refractivity contribution in [3.05, 3.63) is 18.2 Å². The maximum atomic E-state index is 12.3. The van der Waals surface area contributed by atoms with E-state index < -0.39 is 0 Å². The molecule has 0 saturated carbocycles. The summed E-state index contributed by atoms with van der Waals surface area (Å²) >= 11 is 0. The van der Waals surface area contributed by atoms with Crippen molar-refractivity contribution in [2.24, 2.45) is 4.99 Å². The fraction of sp³-hybridized carbons (Fsp3) is 0.667. The second-order valence-corrected chi connectivity index (χ2v) is 9.61. The number of ether oxygens (including phenoxy) is 2. The van der Waals surface area contributed by atoms with Gasteiger partial charge in [-0.05, 0) is 59.2 Å². The molecule has 186 valence electrons. The molecule has 1 saturated heterocycles. The Bertz CT molecular complexity index is 797. The molecule has 3 N–H and O–H groups in total. The number of benzene rings is 1. The highest BCUT2D eigenvalue weighted by atomic mass is 127. The van der Waals surface area contributed by atoms with E-state index in [2.05, 4.69) is 32.8 Å². The van der Waals surface area contributed by atoms with Crippen LogP contribution < -0.4 is 25.4 Å². The molecule has 1 fully saturated rings. The summed E-state index contributed by atoms with van der Waals surface area (Å²) in [5.74, 6) is 1.94. The Labute approximate surface area is 215 Å². The van der Waals surface area contributed by atoms with Gasteiger partial charge in [-0.2, -0.15) is 0 Å². The zero-order chi connectivity index (χ0) is 23.0. The summed E-state index contributed by atoms with van der Waals surface area (Å²) in [6.45, 7) is 12.4. The molecule has 0 aromatic heterocycles. The monoisotopic (exact) mass is 573 g/mol. The molecule has 1 atom stereocenters. The second-order valence-electron chi connectivity index (χ2n) is 9.61. The molecule has 1 amide bonds. The number of halogens is 1. The number of anilines is 1. The number of carbonyl (C=O) groups is 1. The number of amides is 1. The molecule has 2 aliphatic heterocycles. The zero-order valence-corrected chi connectivity index (χ0v) is 22.7. The number of hydrogen-bond donors (Lipinski definition) is 3. The summed E-state index contributed by atoms with van der Waals surface area (Å²) in [5, 5.41) is 9.67. The van der Waals surface area contributed by atoms with Gasteiger partial charge in [0.05, 0.1) is 13.2 Å². The van der Waals surface area contributed by atoms with Crippen LogP contribution >= 0.6 is 24.0 Å². The first-order valence-corrected chi connectivity index (χ1v) is 11.8. The topological polar surface area (TPSA) is 87.2 Å². The van der Waals surface area contributed by atoms with Gasteiger partial charge in [0.15, 0.2) is 17.5 Å². The number of nitrogens with zero attached hydrogens (tertiary/aromatic N) is 2. The van der Waals surface area contributed by atoms with Gasteiger partial charge in [-0.3, -0.25) is 9.69 Å². The van der Waals surface area contributed by atoms with Crippen LogP contribution in [-0.2, 0) is 4.79 Å². The average Bonchev–Trinajstić information content (AvgIpc) is 2.97. The van der Waals surface area contributed by atoms with Crippen molar-refractivity contribution in [1.29, 1.82) is 0 Å². The van der Waals surface area contributed by atoms with Crippen LogP contribution in [0, 0.1) is 0 Å². The fourth-order valence-corrected chi connectivity index (χ4v) is 3.93. The van der Waals surface area contributed by atoms with Gasteiger partial charge < -0.3 is 25.4 Å². The maximum Gasteiger partial charge on any atom is 0.242 e. The van der Waals surface area contributed by atoms with E-state index in [-0.39, 0.29) is 42.0 Å². The van der Waals surface area contributed by atoms with Gasteiger partial charge in [-0.25, -0.2) is 4.99 Å². The van der Waals surface area contributed by atoms with E-state index in [0.717, 1.165) is 43.2 Å². The zero-order valence-electron chi connectivity index (χ0n) is 20.4. The molecule has 1 unspecified atom stereocenters. The van der Waals surface area contributed by atoms with E-state index >= 15 is 0 Å². The summed E-state index contributed by atoms with van der Waals surface area (Å²) in [7, 11) is 0. The number of aliphatic imine (C=N–C) groups is 1. The van der Waals surface area contributed by atoms with Crippen molar-refractivity contribution < 1.29 is 14.3 Å². The van der Waals surface area contributed by atoms with Crippen LogP contribution in [0.5, 0.6) is 11.5 Å². The van der Waals surface area contributed by atoms with E-state index in [1.807, 2.05) is 39.0 Å². The highest BCUT2D eigenvalue weighted by Gasteiger charge is 2.18. The third-order valence-electron chi connectivity index (χ3n) is 5.54. The highest BCUT2D eigenvalue weighted by Crippen LogP contribution is 2.32. The molecule has 0 radical (unpaired) electrons. The number of nitrogens with one attached hydrogen (secondary N) is 3. The van der Waals surface area contributed by atoms with Crippen LogP contribution in [0.3, 0.4) is 0 Å². The van der Waals surface area contributed by atoms with Gasteiger partial charge in [0.2, 0.25) is 5.91 Å². The molecule has 2 aliphatic rings. The summed E-state index contributed by atoms with van der Waals surface area (Å²) < 4.78 is 11.5. The molecular formula is C24H40IN5O3. The largest absolute Gasteiger partial charge is 0.490 e. The minimum absolute atomic E-state index is 0. The maximum absolute atomic E-state index is 12.3. The van der Waals surface area contributed by atoms with E-state index in [1.165, 1.54) is 19.3 Å². The van der Waals surface area contributed by atoms with E-state index in [0.29, 0.717) is 25.2 Å². The summed E-state index contributed by atoms with van der Waals surface area (Å²) in [5.41, 5.74) is 0.551. The number of rotatable bonds is 6. The van der Waals surface area contributed by atoms with Gasteiger partial charge in [-0.15, -0.1) is 24.0 Å². The van der Waals surface area contributed by atoms with E-state index in [1.54, 1.807) is 0 Å². The number of guanidine groups is 1. The minimum atomic E-state index is -0.285. The third-order valence-corrected chi connectivity index (χ3v) is 5.54. The van der Waals surface area contributed by atoms with Crippen LogP contribution in [0.4, 0.5) is 5.69 Å². The molecule has 1 aromatic rings. The Morgan fingerprint density at radius 1 is 1.15 bits per heavy atom. The van der Waals surface area contributed by atoms with Gasteiger partial charge in [-0.1, -0.05) is 6.42 Å². The lowest BCUT2D eigenvalue weighted by atomic mass is 10.0. The average molecular weight is 574 g/mol. The predicted molar refractivity (Wildman–Crippen MR) is 144 cm³/mol. The predicted octanol–water partition coefficient (Wildman–Crippen LogP) is 3.61. The molecule has 1 aromatic carbocycles. The fourth-order valence-electron chi connectivity index (χ4n) is 3.93. The van der Waals surface area contributed by atoms with E-state index in [9.17, 15) is 4.79 Å². The number of piperidine rings is 1. The third kappa shape index (κ3) is 9.56. The number of fused-ring (bicyclic) bond motifs is 1. The Morgan fingerprint density at radius 2 is 1.91 bits per heavy atom. The highest BCUT2D eigenvalue weighted by molar-refractivity contribution is 14.0. The van der Waals surface area contributed by atoms with Crippen molar-refractivity contribution in [1.82, 2.24) is 15.5 Å². The summed E-state index contributed by atoms with van der Waals surface area (Å²) in [6, 6.07) is 6.37. The van der Waals surface area contributed by atoms with Crippen molar-refractivity contribution in [2.75, 3.05) is 44.7 Å². The normalized spacial score (nSPS) is 19.2. The Morgan fingerprint density at radius 3 is 2.64 bits per heavy atom. The van der Waals surface area contributed by atoms with E-state index in [4.69, 9.17) is 9.47 Å².